The molecule has 1 aromatic rings. The number of anilines is 1. The van der Waals surface area contributed by atoms with Crippen molar-refractivity contribution in [2.24, 2.45) is 10.9 Å². The molecule has 2 unspecified atom stereocenters. The highest BCUT2D eigenvalue weighted by Crippen LogP contribution is 2.26. The number of aliphatic imine (C=N–C) groups is 1. The second-order valence-corrected chi connectivity index (χ2v) is 6.26. The molecule has 0 spiro atoms. The molecule has 1 heterocycles. The third kappa shape index (κ3) is 5.30. The van der Waals surface area contributed by atoms with Crippen LogP contribution in [0.4, 0.5) is 5.69 Å². The molecule has 0 aliphatic carbocycles. The Hall–Kier alpha value is -1.95. The molecule has 1 aromatic carbocycles. The average Bonchev–Trinajstić information content (AvgIpc) is 3.08. The molecule has 6 nitrogen and oxygen atoms in total. The van der Waals surface area contributed by atoms with Crippen molar-refractivity contribution in [2.45, 2.75) is 19.4 Å². The van der Waals surface area contributed by atoms with E-state index in [4.69, 9.17) is 9.47 Å². The lowest BCUT2D eigenvalue weighted by Gasteiger charge is -2.21. The third-order valence-electron chi connectivity index (χ3n) is 4.29. The van der Waals surface area contributed by atoms with Crippen LogP contribution in [0.1, 0.15) is 13.3 Å². The van der Waals surface area contributed by atoms with Gasteiger partial charge >= 0.3 is 0 Å². The molecule has 1 fully saturated rings. The van der Waals surface area contributed by atoms with E-state index < -0.39 is 0 Å². The van der Waals surface area contributed by atoms with E-state index in [2.05, 4.69) is 39.6 Å². The maximum atomic E-state index is 5.32. The lowest BCUT2D eigenvalue weighted by molar-refractivity contribution is 0.179. The zero-order valence-corrected chi connectivity index (χ0v) is 15.2. The first kappa shape index (κ1) is 18.4. The molecule has 2 N–H and O–H groups in total. The molecule has 2 atom stereocenters. The van der Waals surface area contributed by atoms with E-state index in [1.807, 2.05) is 12.1 Å². The van der Waals surface area contributed by atoms with Gasteiger partial charge in [0, 0.05) is 51.6 Å². The van der Waals surface area contributed by atoms with Gasteiger partial charge in [0.1, 0.15) is 5.75 Å². The highest BCUT2D eigenvalue weighted by molar-refractivity contribution is 5.79. The first-order chi connectivity index (χ1) is 11.7. The smallest absolute Gasteiger partial charge is 0.191 e. The zero-order chi connectivity index (χ0) is 17.4. The number of guanidine groups is 1. The topological polar surface area (TPSA) is 58.1 Å². The lowest BCUT2D eigenvalue weighted by Crippen LogP contribution is -2.45. The number of hydrogen-bond acceptors (Lipinski definition) is 4. The molecule has 0 saturated carbocycles. The Morgan fingerprint density at radius 2 is 2.25 bits per heavy atom. The van der Waals surface area contributed by atoms with Crippen molar-refractivity contribution in [1.82, 2.24) is 10.6 Å². The summed E-state index contributed by atoms with van der Waals surface area (Å²) >= 11 is 0. The largest absolute Gasteiger partial charge is 0.497 e. The van der Waals surface area contributed by atoms with Gasteiger partial charge in [-0.25, -0.2) is 0 Å². The Kier molecular flexibility index (Phi) is 7.18. The number of nitrogens with zero attached hydrogens (tertiary/aromatic N) is 2. The molecular weight excluding hydrogens is 304 g/mol. The summed E-state index contributed by atoms with van der Waals surface area (Å²) in [5.74, 6) is 2.35. The minimum Gasteiger partial charge on any atom is -0.497 e. The Morgan fingerprint density at radius 1 is 1.42 bits per heavy atom. The maximum absolute atomic E-state index is 5.32. The molecule has 2 rings (SSSR count). The second-order valence-electron chi connectivity index (χ2n) is 6.26. The number of rotatable bonds is 7. The quantitative estimate of drug-likeness (QED) is 0.587. The van der Waals surface area contributed by atoms with Crippen molar-refractivity contribution >= 4 is 11.6 Å². The van der Waals surface area contributed by atoms with E-state index in [0.717, 1.165) is 31.3 Å². The molecule has 134 valence electrons. The van der Waals surface area contributed by atoms with Crippen LogP contribution in [0.2, 0.25) is 0 Å². The Morgan fingerprint density at radius 3 is 2.96 bits per heavy atom. The minimum absolute atomic E-state index is 0.234. The van der Waals surface area contributed by atoms with E-state index >= 15 is 0 Å². The first-order valence-corrected chi connectivity index (χ1v) is 8.51. The van der Waals surface area contributed by atoms with Crippen LogP contribution in [0, 0.1) is 5.92 Å². The van der Waals surface area contributed by atoms with Crippen molar-refractivity contribution in [1.29, 1.82) is 0 Å². The maximum Gasteiger partial charge on any atom is 0.191 e. The van der Waals surface area contributed by atoms with Gasteiger partial charge in [0.15, 0.2) is 5.96 Å². The van der Waals surface area contributed by atoms with Gasteiger partial charge in [0.2, 0.25) is 0 Å². The van der Waals surface area contributed by atoms with Crippen LogP contribution in [0.5, 0.6) is 5.75 Å². The zero-order valence-electron chi connectivity index (χ0n) is 15.2. The van der Waals surface area contributed by atoms with Gasteiger partial charge in [-0.1, -0.05) is 6.07 Å². The molecule has 0 amide bonds. The molecular formula is C18H30N4O2. The summed E-state index contributed by atoms with van der Waals surface area (Å²) in [5, 5.41) is 6.76. The second kappa shape index (κ2) is 9.37. The van der Waals surface area contributed by atoms with Gasteiger partial charge in [0.25, 0.3) is 0 Å². The van der Waals surface area contributed by atoms with Gasteiger partial charge < -0.3 is 25.0 Å². The average molecular weight is 334 g/mol. The monoisotopic (exact) mass is 334 g/mol. The molecule has 6 heteroatoms. The van der Waals surface area contributed by atoms with Crippen molar-refractivity contribution in [3.63, 3.8) is 0 Å². The standard InChI is InChI=1S/C18H30N4O2/c1-14(13-23-3)21-18(19-2)20-11-15-8-9-22(12-15)16-6-5-7-17(10-16)24-4/h5-7,10,14-15H,8-9,11-13H2,1-4H3,(H2,19,20,21). The normalized spacial score (nSPS) is 19.2. The number of nitrogens with one attached hydrogen (secondary N) is 2. The molecule has 1 aliphatic rings. The lowest BCUT2D eigenvalue weighted by atomic mass is 10.1. The van der Waals surface area contributed by atoms with Gasteiger partial charge in [-0.2, -0.15) is 0 Å². The molecule has 1 aliphatic heterocycles. The molecule has 0 aromatic heterocycles. The van der Waals surface area contributed by atoms with E-state index in [-0.39, 0.29) is 6.04 Å². The summed E-state index contributed by atoms with van der Waals surface area (Å²) in [6, 6.07) is 8.50. The van der Waals surface area contributed by atoms with Gasteiger partial charge in [0.05, 0.1) is 13.7 Å². The van der Waals surface area contributed by atoms with Crippen LogP contribution >= 0.6 is 0 Å². The fourth-order valence-electron chi connectivity index (χ4n) is 3.00. The predicted octanol–water partition coefficient (Wildman–Crippen LogP) is 1.72. The van der Waals surface area contributed by atoms with Crippen LogP contribution < -0.4 is 20.3 Å². The Balaban J connectivity index is 1.80. The number of hydrogen-bond donors (Lipinski definition) is 2. The highest BCUT2D eigenvalue weighted by Gasteiger charge is 2.23. The van der Waals surface area contributed by atoms with E-state index in [1.165, 1.54) is 12.1 Å². The Bertz CT molecular complexity index is 536. The van der Waals surface area contributed by atoms with Crippen LogP contribution in [0.25, 0.3) is 0 Å². The Labute approximate surface area is 145 Å². The van der Waals surface area contributed by atoms with E-state index in [1.54, 1.807) is 21.3 Å². The summed E-state index contributed by atoms with van der Waals surface area (Å²) < 4.78 is 10.5. The van der Waals surface area contributed by atoms with Gasteiger partial charge in [-0.15, -0.1) is 0 Å². The fourth-order valence-corrected chi connectivity index (χ4v) is 3.00. The van der Waals surface area contributed by atoms with Crippen molar-refractivity contribution in [3.05, 3.63) is 24.3 Å². The fraction of sp³-hybridized carbons (Fsp3) is 0.611. The summed E-state index contributed by atoms with van der Waals surface area (Å²) in [6.07, 6.45) is 1.18. The number of benzene rings is 1. The summed E-state index contributed by atoms with van der Waals surface area (Å²) in [5.41, 5.74) is 1.23. The van der Waals surface area contributed by atoms with Crippen LogP contribution in [0.15, 0.2) is 29.3 Å². The predicted molar refractivity (Wildman–Crippen MR) is 99.1 cm³/mol. The van der Waals surface area contributed by atoms with Crippen LogP contribution in [-0.2, 0) is 4.74 Å². The minimum atomic E-state index is 0.234. The molecule has 24 heavy (non-hydrogen) atoms. The highest BCUT2D eigenvalue weighted by atomic mass is 16.5. The number of methoxy groups -OCH3 is 2. The third-order valence-corrected chi connectivity index (χ3v) is 4.29. The van der Waals surface area contributed by atoms with Crippen LogP contribution in [0.3, 0.4) is 0 Å². The van der Waals surface area contributed by atoms with Crippen molar-refractivity contribution in [3.8, 4) is 5.75 Å². The molecule has 1 saturated heterocycles. The van der Waals surface area contributed by atoms with Gasteiger partial charge in [-0.05, 0) is 31.4 Å². The molecule has 0 bridgehead atoms. The summed E-state index contributed by atoms with van der Waals surface area (Å²) in [6.45, 7) is 5.78. The number of ether oxygens (including phenoxy) is 2. The van der Waals surface area contributed by atoms with Gasteiger partial charge in [-0.3, -0.25) is 4.99 Å². The summed E-state index contributed by atoms with van der Waals surface area (Å²) in [7, 11) is 5.21. The van der Waals surface area contributed by atoms with E-state index in [9.17, 15) is 0 Å². The SMILES string of the molecule is CN=C(NCC1CCN(c2cccc(OC)c2)C1)NC(C)COC. The summed E-state index contributed by atoms with van der Waals surface area (Å²) in [4.78, 5) is 6.70. The van der Waals surface area contributed by atoms with Crippen molar-refractivity contribution in [2.75, 3.05) is 52.4 Å². The van der Waals surface area contributed by atoms with Crippen molar-refractivity contribution < 1.29 is 9.47 Å². The van der Waals surface area contributed by atoms with Crippen LogP contribution in [-0.4, -0.2) is 59.5 Å². The van der Waals surface area contributed by atoms with E-state index in [0.29, 0.717) is 12.5 Å². The molecule has 0 radical (unpaired) electrons. The first-order valence-electron chi connectivity index (χ1n) is 8.51.